The summed E-state index contributed by atoms with van der Waals surface area (Å²) in [6, 6.07) is 0. The molecular weight excluding hydrogens is 154 g/mol. The molecule has 52 valence electrons. The second kappa shape index (κ2) is 15.6. The van der Waals surface area contributed by atoms with Gasteiger partial charge in [0.25, 0.3) is 0 Å². The van der Waals surface area contributed by atoms with Crippen LogP contribution in [0.5, 0.6) is 0 Å². The Morgan fingerprint density at radius 3 is 1.88 bits per heavy atom. The number of nitrogens with two attached hydrogens (primary N) is 1. The largest absolute Gasteiger partial charge is 0.471 e. The third kappa shape index (κ3) is 29.8. The highest BCUT2D eigenvalue weighted by molar-refractivity contribution is 7.80. The van der Waals surface area contributed by atoms with E-state index in [-0.39, 0.29) is 0 Å². The fourth-order valence-corrected chi connectivity index (χ4v) is 0.274. The molecule has 0 aliphatic carbocycles. The van der Waals surface area contributed by atoms with E-state index in [0.717, 1.165) is 39.7 Å². The SMILES string of the molecule is NCCCS.[SiH3]O[SiH3]. The molecule has 0 rings (SSSR count). The van der Waals surface area contributed by atoms with Crippen molar-refractivity contribution in [1.29, 1.82) is 0 Å². The Bertz CT molecular complexity index is 31.2. The van der Waals surface area contributed by atoms with Crippen molar-refractivity contribution in [3.05, 3.63) is 0 Å². The Hall–Kier alpha value is 0.704. The van der Waals surface area contributed by atoms with Gasteiger partial charge in [-0.2, -0.15) is 12.6 Å². The van der Waals surface area contributed by atoms with Crippen LogP contribution in [0.2, 0.25) is 0 Å². The lowest BCUT2D eigenvalue weighted by atomic mass is 10.5. The molecule has 0 unspecified atom stereocenters. The van der Waals surface area contributed by atoms with Crippen molar-refractivity contribution in [1.82, 2.24) is 0 Å². The Morgan fingerprint density at radius 1 is 1.50 bits per heavy atom. The van der Waals surface area contributed by atoms with Gasteiger partial charge in [0, 0.05) is 0 Å². The van der Waals surface area contributed by atoms with Crippen molar-refractivity contribution in [2.24, 2.45) is 5.73 Å². The molecule has 0 spiro atoms. The molecule has 0 fully saturated rings. The first-order valence-electron chi connectivity index (χ1n) is 2.54. The Morgan fingerprint density at radius 2 is 1.88 bits per heavy atom. The molecule has 0 aromatic heterocycles. The standard InChI is InChI=1S/C3H9NS.H6OSi2/c4-2-1-3-5;2-1-3/h5H,1-4H2;2-3H3. The van der Waals surface area contributed by atoms with Gasteiger partial charge in [0.15, 0.2) is 0 Å². The first-order valence-corrected chi connectivity index (χ1v) is 4.81. The molecule has 0 bridgehead atoms. The van der Waals surface area contributed by atoms with Crippen LogP contribution in [0, 0.1) is 0 Å². The van der Waals surface area contributed by atoms with E-state index in [0.29, 0.717) is 0 Å². The lowest BCUT2D eigenvalue weighted by Gasteiger charge is -1.79. The summed E-state index contributed by atoms with van der Waals surface area (Å²) in [5.41, 5.74) is 5.09. The van der Waals surface area contributed by atoms with Crippen molar-refractivity contribution in [3.63, 3.8) is 0 Å². The van der Waals surface area contributed by atoms with E-state index in [9.17, 15) is 0 Å². The lowest BCUT2D eigenvalue weighted by Crippen LogP contribution is -1.97. The number of hydrogen-bond donors (Lipinski definition) is 2. The number of rotatable bonds is 2. The van der Waals surface area contributed by atoms with Crippen LogP contribution in [0.15, 0.2) is 0 Å². The average Bonchev–Trinajstić information content (AvgIpc) is 1.71. The topological polar surface area (TPSA) is 35.2 Å². The van der Waals surface area contributed by atoms with Crippen molar-refractivity contribution < 1.29 is 4.12 Å². The molecule has 0 aliphatic rings. The highest BCUT2D eigenvalue weighted by Gasteiger charge is 1.68. The molecule has 0 atom stereocenters. The van der Waals surface area contributed by atoms with Gasteiger partial charge >= 0.3 is 0 Å². The minimum Gasteiger partial charge on any atom is -0.471 e. The monoisotopic (exact) mass is 169 g/mol. The molecular formula is C3H15NOSSi2. The van der Waals surface area contributed by atoms with Gasteiger partial charge in [0.1, 0.15) is 21.0 Å². The molecule has 2 nitrogen and oxygen atoms in total. The fraction of sp³-hybridized carbons (Fsp3) is 1.00. The maximum absolute atomic E-state index is 5.09. The number of hydrogen-bond acceptors (Lipinski definition) is 3. The number of thiol groups is 1. The van der Waals surface area contributed by atoms with E-state index < -0.39 is 0 Å². The summed E-state index contributed by atoms with van der Waals surface area (Å²) in [5.74, 6) is 0.913. The van der Waals surface area contributed by atoms with Crippen molar-refractivity contribution in [3.8, 4) is 0 Å². The van der Waals surface area contributed by atoms with Gasteiger partial charge in [-0.1, -0.05) is 0 Å². The van der Waals surface area contributed by atoms with Crippen LogP contribution < -0.4 is 5.73 Å². The summed E-state index contributed by atoms with van der Waals surface area (Å²) in [6.07, 6.45) is 1.03. The Labute approximate surface area is 62.7 Å². The van der Waals surface area contributed by atoms with Gasteiger partial charge in [0.2, 0.25) is 0 Å². The van der Waals surface area contributed by atoms with Crippen LogP contribution in [-0.2, 0) is 4.12 Å². The van der Waals surface area contributed by atoms with Gasteiger partial charge < -0.3 is 9.85 Å². The summed E-state index contributed by atoms with van der Waals surface area (Å²) >= 11 is 3.92. The Balaban J connectivity index is 0. The summed E-state index contributed by atoms with van der Waals surface area (Å²) < 4.78 is 4.53. The predicted molar refractivity (Wildman–Crippen MR) is 48.5 cm³/mol. The highest BCUT2D eigenvalue weighted by Crippen LogP contribution is 1.74. The molecule has 0 saturated carbocycles. The summed E-state index contributed by atoms with van der Waals surface area (Å²) in [4.78, 5) is 0. The van der Waals surface area contributed by atoms with Crippen molar-refractivity contribution in [2.45, 2.75) is 6.42 Å². The molecule has 0 amide bonds. The van der Waals surface area contributed by atoms with Gasteiger partial charge in [-0.05, 0) is 18.7 Å². The van der Waals surface area contributed by atoms with Gasteiger partial charge in [-0.15, -0.1) is 0 Å². The molecule has 5 heteroatoms. The summed E-state index contributed by atoms with van der Waals surface area (Å²) in [5, 5.41) is 0. The molecule has 0 aliphatic heterocycles. The smallest absolute Gasteiger partial charge is 0.129 e. The predicted octanol–water partition coefficient (Wildman–Crippen LogP) is -2.17. The lowest BCUT2D eigenvalue weighted by molar-refractivity contribution is 0.690. The van der Waals surface area contributed by atoms with E-state index in [1.807, 2.05) is 0 Å². The molecule has 0 saturated heterocycles. The minimum absolute atomic E-state index is 0.767. The van der Waals surface area contributed by atoms with Crippen LogP contribution >= 0.6 is 12.6 Å². The first kappa shape index (κ1) is 11.5. The van der Waals surface area contributed by atoms with E-state index in [2.05, 4.69) is 16.7 Å². The second-order valence-electron chi connectivity index (χ2n) is 1.27. The van der Waals surface area contributed by atoms with Crippen LogP contribution in [0.4, 0.5) is 0 Å². The molecule has 8 heavy (non-hydrogen) atoms. The van der Waals surface area contributed by atoms with Crippen LogP contribution in [0.3, 0.4) is 0 Å². The summed E-state index contributed by atoms with van der Waals surface area (Å²) in [7, 11) is 1.86. The molecule has 2 N–H and O–H groups in total. The maximum atomic E-state index is 5.09. The zero-order chi connectivity index (χ0) is 6.83. The molecule has 0 heterocycles. The third-order valence-corrected chi connectivity index (χ3v) is 0.678. The second-order valence-corrected chi connectivity index (χ2v) is 4.99. The third-order valence-electron chi connectivity index (χ3n) is 0.362. The van der Waals surface area contributed by atoms with E-state index in [1.54, 1.807) is 0 Å². The average molecular weight is 169 g/mol. The highest BCUT2D eigenvalue weighted by atomic mass is 32.1. The molecule has 0 aromatic rings. The summed E-state index contributed by atoms with van der Waals surface area (Å²) in [6.45, 7) is 0.767. The minimum atomic E-state index is 0.767. The van der Waals surface area contributed by atoms with E-state index in [1.165, 1.54) is 0 Å². The van der Waals surface area contributed by atoms with Crippen LogP contribution in [-0.4, -0.2) is 33.3 Å². The normalized spacial score (nSPS) is 8.25. The quantitative estimate of drug-likeness (QED) is 0.364. The maximum Gasteiger partial charge on any atom is 0.129 e. The van der Waals surface area contributed by atoms with Crippen molar-refractivity contribution >= 4 is 33.6 Å². The van der Waals surface area contributed by atoms with E-state index >= 15 is 0 Å². The molecule has 0 aromatic carbocycles. The first-order chi connectivity index (χ1) is 3.83. The van der Waals surface area contributed by atoms with Crippen LogP contribution in [0.25, 0.3) is 0 Å². The van der Waals surface area contributed by atoms with Gasteiger partial charge in [-0.25, -0.2) is 0 Å². The van der Waals surface area contributed by atoms with E-state index in [4.69, 9.17) is 5.73 Å². The zero-order valence-electron chi connectivity index (χ0n) is 5.55. The fourth-order valence-electron chi connectivity index (χ4n) is 0.0913. The van der Waals surface area contributed by atoms with Crippen LogP contribution in [0.1, 0.15) is 6.42 Å². The molecule has 0 radical (unpaired) electrons. The van der Waals surface area contributed by atoms with Gasteiger partial charge in [-0.3, -0.25) is 0 Å². The van der Waals surface area contributed by atoms with Gasteiger partial charge in [0.05, 0.1) is 0 Å². The zero-order valence-corrected chi connectivity index (χ0v) is 10.4. The Kier molecular flexibility index (Phi) is 22.5. The van der Waals surface area contributed by atoms with Crippen molar-refractivity contribution in [2.75, 3.05) is 12.3 Å².